The van der Waals surface area contributed by atoms with Gasteiger partial charge in [0.2, 0.25) is 0 Å². The maximum atomic E-state index is 5.74. The molecule has 0 fully saturated rings. The number of benzene rings is 1. The van der Waals surface area contributed by atoms with Crippen molar-refractivity contribution in [3.8, 4) is 5.69 Å². The van der Waals surface area contributed by atoms with Crippen LogP contribution in [0.3, 0.4) is 0 Å². The molecule has 1 atom stereocenters. The summed E-state index contributed by atoms with van der Waals surface area (Å²) >= 11 is 0. The number of rotatable bonds is 2. The van der Waals surface area contributed by atoms with Gasteiger partial charge in [0.15, 0.2) is 0 Å². The van der Waals surface area contributed by atoms with Crippen molar-refractivity contribution >= 4 is 0 Å². The highest BCUT2D eigenvalue weighted by atomic mass is 15.5. The van der Waals surface area contributed by atoms with Crippen LogP contribution < -0.4 is 5.73 Å². The van der Waals surface area contributed by atoms with Crippen molar-refractivity contribution in [2.75, 3.05) is 0 Å². The minimum atomic E-state index is 0.0645. The maximum Gasteiger partial charge on any atom is 0.0856 e. The highest BCUT2D eigenvalue weighted by Crippen LogP contribution is 2.12. The predicted octanol–water partition coefficient (Wildman–Crippen LogP) is 1.29. The molecule has 2 N–H and O–H groups in total. The van der Waals surface area contributed by atoms with Crippen LogP contribution in [0.4, 0.5) is 0 Å². The Bertz CT molecular complexity index is 389. The fourth-order valence-corrected chi connectivity index (χ4v) is 1.26. The highest BCUT2D eigenvalue weighted by Gasteiger charge is 2.00. The summed E-state index contributed by atoms with van der Waals surface area (Å²) in [6.07, 6.45) is 3.30. The largest absolute Gasteiger partial charge is 0.324 e. The van der Waals surface area contributed by atoms with Crippen LogP contribution in [0, 0.1) is 0 Å². The molecule has 1 heterocycles. The highest BCUT2D eigenvalue weighted by molar-refractivity contribution is 5.33. The molecule has 0 saturated heterocycles. The summed E-state index contributed by atoms with van der Waals surface area (Å²) in [6, 6.07) is 7.96. The zero-order chi connectivity index (χ0) is 9.97. The van der Waals surface area contributed by atoms with E-state index < -0.39 is 0 Å². The average Bonchev–Trinajstić information content (AvgIpc) is 2.71. The van der Waals surface area contributed by atoms with Gasteiger partial charge in [-0.3, -0.25) is 0 Å². The number of hydrogen-bond donors (Lipinski definition) is 1. The Balaban J connectivity index is 2.31. The summed E-state index contributed by atoms with van der Waals surface area (Å²) in [7, 11) is 0. The van der Waals surface area contributed by atoms with Crippen LogP contribution in [-0.2, 0) is 0 Å². The molecule has 4 heteroatoms. The van der Waals surface area contributed by atoms with Gasteiger partial charge in [-0.2, -0.15) is 15.0 Å². The molecule has 2 aromatic rings. The normalized spacial score (nSPS) is 12.7. The quantitative estimate of drug-likeness (QED) is 0.772. The minimum absolute atomic E-state index is 0.0645. The van der Waals surface area contributed by atoms with Crippen LogP contribution >= 0.6 is 0 Å². The van der Waals surface area contributed by atoms with Crippen LogP contribution in [0.2, 0.25) is 0 Å². The van der Waals surface area contributed by atoms with E-state index in [9.17, 15) is 0 Å². The fourth-order valence-electron chi connectivity index (χ4n) is 1.26. The molecule has 0 aliphatic heterocycles. The second-order valence-electron chi connectivity index (χ2n) is 3.20. The van der Waals surface area contributed by atoms with E-state index in [4.69, 9.17) is 5.73 Å². The molecule has 0 spiro atoms. The molecule has 0 saturated carbocycles. The first-order valence-electron chi connectivity index (χ1n) is 4.49. The maximum absolute atomic E-state index is 5.74. The van der Waals surface area contributed by atoms with Crippen LogP contribution in [0.5, 0.6) is 0 Å². The molecule has 72 valence electrons. The van der Waals surface area contributed by atoms with Crippen LogP contribution in [0.15, 0.2) is 36.7 Å². The summed E-state index contributed by atoms with van der Waals surface area (Å²) in [5, 5.41) is 8.07. The molecule has 0 aliphatic carbocycles. The first kappa shape index (κ1) is 8.90. The summed E-state index contributed by atoms with van der Waals surface area (Å²) in [5.41, 5.74) is 7.80. The standard InChI is InChI=1S/C10H12N4/c1-8(11)9-2-4-10(5-3-9)14-12-6-7-13-14/h2-8H,11H2,1H3. The van der Waals surface area contributed by atoms with Gasteiger partial charge in [0.25, 0.3) is 0 Å². The molecule has 0 bridgehead atoms. The molecule has 1 aromatic heterocycles. The molecule has 0 aliphatic rings. The van der Waals surface area contributed by atoms with Crippen molar-refractivity contribution in [1.29, 1.82) is 0 Å². The SMILES string of the molecule is CC(N)c1ccc(-n2nccn2)cc1. The van der Waals surface area contributed by atoms with Crippen LogP contribution in [0.25, 0.3) is 5.69 Å². The van der Waals surface area contributed by atoms with Crippen molar-refractivity contribution in [2.24, 2.45) is 5.73 Å². The van der Waals surface area contributed by atoms with Gasteiger partial charge in [-0.05, 0) is 24.6 Å². The lowest BCUT2D eigenvalue weighted by atomic mass is 10.1. The Hall–Kier alpha value is -1.68. The Morgan fingerprint density at radius 3 is 2.21 bits per heavy atom. The van der Waals surface area contributed by atoms with E-state index in [2.05, 4.69) is 10.2 Å². The molecule has 14 heavy (non-hydrogen) atoms. The van der Waals surface area contributed by atoms with Crippen molar-refractivity contribution in [1.82, 2.24) is 15.0 Å². The van der Waals surface area contributed by atoms with Crippen molar-refractivity contribution in [3.05, 3.63) is 42.2 Å². The Morgan fingerprint density at radius 1 is 1.14 bits per heavy atom. The lowest BCUT2D eigenvalue weighted by molar-refractivity contribution is 0.749. The summed E-state index contributed by atoms with van der Waals surface area (Å²) < 4.78 is 0. The fraction of sp³-hybridized carbons (Fsp3) is 0.200. The second-order valence-corrected chi connectivity index (χ2v) is 3.20. The zero-order valence-electron chi connectivity index (χ0n) is 7.96. The van der Waals surface area contributed by atoms with Gasteiger partial charge in [-0.15, -0.1) is 0 Å². The number of nitrogens with two attached hydrogens (primary N) is 1. The molecular weight excluding hydrogens is 176 g/mol. The summed E-state index contributed by atoms with van der Waals surface area (Å²) in [6.45, 7) is 1.96. The van der Waals surface area contributed by atoms with Crippen molar-refractivity contribution in [3.63, 3.8) is 0 Å². The van der Waals surface area contributed by atoms with E-state index in [0.717, 1.165) is 11.3 Å². The third-order valence-electron chi connectivity index (χ3n) is 2.07. The van der Waals surface area contributed by atoms with Gasteiger partial charge in [0.1, 0.15) is 0 Å². The lowest BCUT2D eigenvalue weighted by Gasteiger charge is -2.05. The van der Waals surface area contributed by atoms with Crippen molar-refractivity contribution in [2.45, 2.75) is 13.0 Å². The molecule has 2 rings (SSSR count). The van der Waals surface area contributed by atoms with E-state index in [1.165, 1.54) is 0 Å². The third-order valence-corrected chi connectivity index (χ3v) is 2.07. The minimum Gasteiger partial charge on any atom is -0.324 e. The van der Waals surface area contributed by atoms with Gasteiger partial charge in [-0.25, -0.2) is 0 Å². The Kier molecular flexibility index (Phi) is 2.28. The average molecular weight is 188 g/mol. The molecule has 0 radical (unpaired) electrons. The van der Waals surface area contributed by atoms with Gasteiger partial charge in [0.05, 0.1) is 18.1 Å². The number of aromatic nitrogens is 3. The number of nitrogens with zero attached hydrogens (tertiary/aromatic N) is 3. The van der Waals surface area contributed by atoms with E-state index in [1.54, 1.807) is 17.2 Å². The van der Waals surface area contributed by atoms with Gasteiger partial charge < -0.3 is 5.73 Å². The molecule has 1 unspecified atom stereocenters. The molecule has 0 amide bonds. The van der Waals surface area contributed by atoms with E-state index in [-0.39, 0.29) is 6.04 Å². The van der Waals surface area contributed by atoms with Gasteiger partial charge in [0, 0.05) is 6.04 Å². The first-order valence-corrected chi connectivity index (χ1v) is 4.49. The Labute approximate surface area is 82.4 Å². The Morgan fingerprint density at radius 2 is 1.71 bits per heavy atom. The van der Waals surface area contributed by atoms with Crippen LogP contribution in [0.1, 0.15) is 18.5 Å². The zero-order valence-corrected chi connectivity index (χ0v) is 7.96. The van der Waals surface area contributed by atoms with Crippen molar-refractivity contribution < 1.29 is 0 Å². The monoisotopic (exact) mass is 188 g/mol. The predicted molar refractivity (Wildman–Crippen MR) is 54.0 cm³/mol. The second kappa shape index (κ2) is 3.59. The van der Waals surface area contributed by atoms with E-state index in [0.29, 0.717) is 0 Å². The van der Waals surface area contributed by atoms with E-state index >= 15 is 0 Å². The summed E-state index contributed by atoms with van der Waals surface area (Å²) in [4.78, 5) is 1.57. The molecule has 1 aromatic carbocycles. The molecule has 4 nitrogen and oxygen atoms in total. The van der Waals surface area contributed by atoms with Gasteiger partial charge in [-0.1, -0.05) is 12.1 Å². The third kappa shape index (κ3) is 1.65. The van der Waals surface area contributed by atoms with Crippen LogP contribution in [-0.4, -0.2) is 15.0 Å². The molecular formula is C10H12N4. The topological polar surface area (TPSA) is 56.7 Å². The summed E-state index contributed by atoms with van der Waals surface area (Å²) in [5.74, 6) is 0. The van der Waals surface area contributed by atoms with Gasteiger partial charge >= 0.3 is 0 Å². The van der Waals surface area contributed by atoms with E-state index in [1.807, 2.05) is 31.2 Å². The number of hydrogen-bond acceptors (Lipinski definition) is 3. The lowest BCUT2D eigenvalue weighted by Crippen LogP contribution is -2.05. The smallest absolute Gasteiger partial charge is 0.0856 e. The first-order chi connectivity index (χ1) is 6.77.